The van der Waals surface area contributed by atoms with Crippen LogP contribution in [0, 0.1) is 5.92 Å². The highest BCUT2D eigenvalue weighted by atomic mass is 16.3. The van der Waals surface area contributed by atoms with Crippen LogP contribution in [0.2, 0.25) is 0 Å². The van der Waals surface area contributed by atoms with E-state index in [1.165, 1.54) is 0 Å². The van der Waals surface area contributed by atoms with Crippen molar-refractivity contribution in [3.05, 3.63) is 0 Å². The summed E-state index contributed by atoms with van der Waals surface area (Å²) >= 11 is 0. The van der Waals surface area contributed by atoms with Crippen LogP contribution in [-0.4, -0.2) is 65.3 Å². The molecule has 2 atom stereocenters. The average molecular weight is 283 g/mol. The number of piperazine rings is 1. The minimum absolute atomic E-state index is 0.289. The smallest absolute Gasteiger partial charge is 0.0797 e. The Morgan fingerprint density at radius 1 is 1.20 bits per heavy atom. The Hall–Kier alpha value is -0.160. The van der Waals surface area contributed by atoms with E-state index >= 15 is 0 Å². The van der Waals surface area contributed by atoms with Crippen molar-refractivity contribution in [3.8, 4) is 0 Å². The van der Waals surface area contributed by atoms with Crippen LogP contribution in [0.4, 0.5) is 0 Å². The molecular formula is C16H33N3O. The van der Waals surface area contributed by atoms with E-state index in [2.05, 4.69) is 30.6 Å². The summed E-state index contributed by atoms with van der Waals surface area (Å²) in [5, 5.41) is 10.5. The van der Waals surface area contributed by atoms with Gasteiger partial charge in [-0.25, -0.2) is 0 Å². The van der Waals surface area contributed by atoms with Crippen molar-refractivity contribution < 1.29 is 5.11 Å². The summed E-state index contributed by atoms with van der Waals surface area (Å²) < 4.78 is 0. The van der Waals surface area contributed by atoms with Gasteiger partial charge in [0, 0.05) is 38.3 Å². The number of hydrogen-bond donors (Lipinski definition) is 2. The molecule has 2 aliphatic rings. The van der Waals surface area contributed by atoms with Gasteiger partial charge in [0.25, 0.3) is 0 Å². The van der Waals surface area contributed by atoms with E-state index in [-0.39, 0.29) is 5.54 Å². The summed E-state index contributed by atoms with van der Waals surface area (Å²) in [6.45, 7) is 13.1. The minimum atomic E-state index is -0.576. The third kappa shape index (κ3) is 3.73. The molecule has 0 aromatic carbocycles. The van der Waals surface area contributed by atoms with Crippen LogP contribution in [-0.2, 0) is 0 Å². The number of nitrogens with zero attached hydrogens (tertiary/aromatic N) is 2. The van der Waals surface area contributed by atoms with Gasteiger partial charge >= 0.3 is 0 Å². The molecule has 1 aliphatic carbocycles. The Balaban J connectivity index is 1.74. The van der Waals surface area contributed by atoms with E-state index in [4.69, 9.17) is 5.73 Å². The molecule has 0 bridgehead atoms. The minimum Gasteiger partial charge on any atom is -0.388 e. The molecule has 2 unspecified atom stereocenters. The van der Waals surface area contributed by atoms with E-state index in [0.717, 1.165) is 58.4 Å². The summed E-state index contributed by atoms with van der Waals surface area (Å²) in [4.78, 5) is 5.12. The Labute approximate surface area is 124 Å². The van der Waals surface area contributed by atoms with E-state index < -0.39 is 5.60 Å². The molecule has 2 fully saturated rings. The molecule has 2 rings (SSSR count). The van der Waals surface area contributed by atoms with Crippen molar-refractivity contribution in [2.24, 2.45) is 11.7 Å². The Morgan fingerprint density at radius 3 is 2.40 bits per heavy atom. The van der Waals surface area contributed by atoms with Gasteiger partial charge < -0.3 is 15.7 Å². The quantitative estimate of drug-likeness (QED) is 0.816. The zero-order valence-electron chi connectivity index (χ0n) is 13.6. The molecule has 1 aliphatic heterocycles. The third-order valence-corrected chi connectivity index (χ3v) is 5.39. The van der Waals surface area contributed by atoms with E-state index in [0.29, 0.717) is 12.5 Å². The molecule has 1 saturated carbocycles. The SMILES string of the molecule is CC(C)(C)N1CCN(CCC2CCCC2(O)CN)CC1. The van der Waals surface area contributed by atoms with Crippen LogP contribution in [0.25, 0.3) is 0 Å². The second-order valence-electron chi connectivity index (χ2n) is 7.69. The number of rotatable bonds is 4. The van der Waals surface area contributed by atoms with Gasteiger partial charge in [0.05, 0.1) is 5.60 Å². The lowest BCUT2D eigenvalue weighted by Gasteiger charge is -2.42. The first-order valence-electron chi connectivity index (χ1n) is 8.25. The monoisotopic (exact) mass is 283 g/mol. The summed E-state index contributed by atoms with van der Waals surface area (Å²) in [7, 11) is 0. The van der Waals surface area contributed by atoms with Crippen molar-refractivity contribution in [2.45, 2.75) is 57.6 Å². The lowest BCUT2D eigenvalue weighted by molar-refractivity contribution is 0.000271. The predicted octanol–water partition coefficient (Wildman–Crippen LogP) is 1.28. The van der Waals surface area contributed by atoms with Gasteiger partial charge in [-0.2, -0.15) is 0 Å². The molecule has 118 valence electrons. The van der Waals surface area contributed by atoms with Crippen LogP contribution in [0.3, 0.4) is 0 Å². The molecule has 0 amide bonds. The molecule has 0 radical (unpaired) electrons. The fraction of sp³-hybridized carbons (Fsp3) is 1.00. The van der Waals surface area contributed by atoms with Gasteiger partial charge in [-0.15, -0.1) is 0 Å². The average Bonchev–Trinajstić information content (AvgIpc) is 2.78. The largest absolute Gasteiger partial charge is 0.388 e. The molecule has 0 aromatic rings. The van der Waals surface area contributed by atoms with Crippen LogP contribution in [0.15, 0.2) is 0 Å². The topological polar surface area (TPSA) is 52.7 Å². The first-order valence-corrected chi connectivity index (χ1v) is 8.25. The van der Waals surface area contributed by atoms with Crippen LogP contribution in [0.5, 0.6) is 0 Å². The summed E-state index contributed by atoms with van der Waals surface area (Å²) in [5.74, 6) is 0.410. The van der Waals surface area contributed by atoms with Crippen molar-refractivity contribution in [2.75, 3.05) is 39.3 Å². The van der Waals surface area contributed by atoms with Crippen molar-refractivity contribution >= 4 is 0 Å². The predicted molar refractivity (Wildman–Crippen MR) is 83.7 cm³/mol. The lowest BCUT2D eigenvalue weighted by Crippen LogP contribution is -2.53. The van der Waals surface area contributed by atoms with Gasteiger partial charge in [-0.1, -0.05) is 6.42 Å². The summed E-state index contributed by atoms with van der Waals surface area (Å²) in [6, 6.07) is 0. The molecule has 20 heavy (non-hydrogen) atoms. The molecular weight excluding hydrogens is 250 g/mol. The molecule has 4 heteroatoms. The maximum Gasteiger partial charge on any atom is 0.0797 e. The Kier molecular flexibility index (Phi) is 5.11. The number of aliphatic hydroxyl groups is 1. The van der Waals surface area contributed by atoms with Gasteiger partial charge in [-0.05, 0) is 52.5 Å². The number of hydrogen-bond acceptors (Lipinski definition) is 4. The van der Waals surface area contributed by atoms with E-state index in [1.54, 1.807) is 0 Å². The van der Waals surface area contributed by atoms with Crippen molar-refractivity contribution in [3.63, 3.8) is 0 Å². The highest BCUT2D eigenvalue weighted by Gasteiger charge is 2.39. The second-order valence-corrected chi connectivity index (χ2v) is 7.69. The first kappa shape index (κ1) is 16.2. The molecule has 4 nitrogen and oxygen atoms in total. The fourth-order valence-electron chi connectivity index (χ4n) is 3.79. The standard InChI is InChI=1S/C16H33N3O/c1-15(2,3)19-11-9-18(10-12-19)8-6-14-5-4-7-16(14,20)13-17/h14,20H,4-13,17H2,1-3H3. The van der Waals surface area contributed by atoms with Crippen LogP contribution in [0.1, 0.15) is 46.5 Å². The van der Waals surface area contributed by atoms with Gasteiger partial charge in [0.2, 0.25) is 0 Å². The van der Waals surface area contributed by atoms with E-state index in [1.807, 2.05) is 0 Å². The Bertz CT molecular complexity index is 307. The zero-order valence-corrected chi connectivity index (χ0v) is 13.6. The van der Waals surface area contributed by atoms with Gasteiger partial charge in [-0.3, -0.25) is 4.90 Å². The third-order valence-electron chi connectivity index (χ3n) is 5.39. The summed E-state index contributed by atoms with van der Waals surface area (Å²) in [5.41, 5.74) is 5.48. The van der Waals surface area contributed by atoms with E-state index in [9.17, 15) is 5.11 Å². The summed E-state index contributed by atoms with van der Waals surface area (Å²) in [6.07, 6.45) is 4.28. The normalized spacial score (nSPS) is 33.8. The van der Waals surface area contributed by atoms with Gasteiger partial charge in [0.1, 0.15) is 0 Å². The van der Waals surface area contributed by atoms with Gasteiger partial charge in [0.15, 0.2) is 0 Å². The maximum absolute atomic E-state index is 10.5. The molecule has 0 spiro atoms. The molecule has 1 heterocycles. The van der Waals surface area contributed by atoms with Crippen LogP contribution >= 0.6 is 0 Å². The van der Waals surface area contributed by atoms with Crippen molar-refractivity contribution in [1.29, 1.82) is 0 Å². The van der Waals surface area contributed by atoms with Crippen LogP contribution < -0.4 is 5.73 Å². The Morgan fingerprint density at radius 2 is 1.85 bits per heavy atom. The zero-order chi connectivity index (χ0) is 14.8. The fourth-order valence-corrected chi connectivity index (χ4v) is 3.79. The highest BCUT2D eigenvalue weighted by Crippen LogP contribution is 2.37. The maximum atomic E-state index is 10.5. The number of nitrogens with two attached hydrogens (primary N) is 1. The first-order chi connectivity index (χ1) is 9.35. The molecule has 3 N–H and O–H groups in total. The van der Waals surface area contributed by atoms with Crippen molar-refractivity contribution in [1.82, 2.24) is 9.80 Å². The molecule has 0 aromatic heterocycles. The highest BCUT2D eigenvalue weighted by molar-refractivity contribution is 4.93. The second kappa shape index (κ2) is 6.30. The molecule has 1 saturated heterocycles. The lowest BCUT2D eigenvalue weighted by atomic mass is 9.88.